The molecule has 1 heterocycles. The molecule has 0 spiro atoms. The van der Waals surface area contributed by atoms with Crippen molar-refractivity contribution >= 4 is 16.8 Å². The molecule has 3 rings (SSSR count). The number of H-pyrrole nitrogens is 1. The molecule has 0 saturated heterocycles. The minimum atomic E-state index is -0.209. The maximum Gasteiger partial charge on any atom is 0.251 e. The van der Waals surface area contributed by atoms with Crippen LogP contribution < -0.4 is 10.1 Å². The summed E-state index contributed by atoms with van der Waals surface area (Å²) in [5.74, 6) is 0.383. The van der Waals surface area contributed by atoms with Gasteiger partial charge in [-0.15, -0.1) is 0 Å². The summed E-state index contributed by atoms with van der Waals surface area (Å²) >= 11 is 0. The van der Waals surface area contributed by atoms with Gasteiger partial charge >= 0.3 is 0 Å². The monoisotopic (exact) mass is 338 g/mol. The molecule has 2 aromatic carbocycles. The Kier molecular flexibility index (Phi) is 5.05. The summed E-state index contributed by atoms with van der Waals surface area (Å²) in [6.45, 7) is 2.40. The second-order valence-electron chi connectivity index (χ2n) is 6.05. The van der Waals surface area contributed by atoms with E-state index in [0.29, 0.717) is 23.4 Å². The Labute approximate surface area is 146 Å². The first-order valence-corrected chi connectivity index (χ1v) is 8.25. The van der Waals surface area contributed by atoms with E-state index >= 15 is 0 Å². The number of hydrogen-bond acceptors (Lipinski definition) is 3. The first-order valence-electron chi connectivity index (χ1n) is 8.25. The van der Waals surface area contributed by atoms with Gasteiger partial charge in [0.2, 0.25) is 0 Å². The summed E-state index contributed by atoms with van der Waals surface area (Å²) in [6.07, 6.45) is 2.72. The van der Waals surface area contributed by atoms with Gasteiger partial charge in [-0.05, 0) is 48.7 Å². The Bertz CT molecular complexity index is 899. The SMILES string of the molecule is COc1ccc(CO)c(C(=O)NCCc2c[nH]c3ccc(C)cc23)c1. The Morgan fingerprint density at radius 2 is 2.04 bits per heavy atom. The fourth-order valence-electron chi connectivity index (χ4n) is 2.94. The minimum Gasteiger partial charge on any atom is -0.497 e. The van der Waals surface area contributed by atoms with Gasteiger partial charge in [-0.1, -0.05) is 17.7 Å². The van der Waals surface area contributed by atoms with Gasteiger partial charge in [0, 0.05) is 29.2 Å². The highest BCUT2D eigenvalue weighted by atomic mass is 16.5. The van der Waals surface area contributed by atoms with Crippen LogP contribution in [0.15, 0.2) is 42.6 Å². The van der Waals surface area contributed by atoms with Crippen molar-refractivity contribution < 1.29 is 14.6 Å². The summed E-state index contributed by atoms with van der Waals surface area (Å²) in [4.78, 5) is 15.7. The minimum absolute atomic E-state index is 0.186. The van der Waals surface area contributed by atoms with E-state index in [1.54, 1.807) is 25.3 Å². The van der Waals surface area contributed by atoms with Gasteiger partial charge in [-0.3, -0.25) is 4.79 Å². The molecule has 0 bridgehead atoms. The molecular weight excluding hydrogens is 316 g/mol. The number of fused-ring (bicyclic) bond motifs is 1. The molecule has 25 heavy (non-hydrogen) atoms. The predicted octanol–water partition coefficient (Wildman–Crippen LogP) is 2.95. The first-order chi connectivity index (χ1) is 12.1. The van der Waals surface area contributed by atoms with E-state index in [1.165, 1.54) is 16.5 Å². The molecule has 0 aliphatic heterocycles. The third kappa shape index (κ3) is 3.67. The van der Waals surface area contributed by atoms with Gasteiger partial charge in [0.05, 0.1) is 13.7 Å². The van der Waals surface area contributed by atoms with E-state index in [0.717, 1.165) is 11.9 Å². The van der Waals surface area contributed by atoms with Crippen LogP contribution in [0.4, 0.5) is 0 Å². The van der Waals surface area contributed by atoms with Crippen molar-refractivity contribution in [1.82, 2.24) is 10.3 Å². The number of methoxy groups -OCH3 is 1. The average Bonchev–Trinajstić information content (AvgIpc) is 3.03. The number of aryl methyl sites for hydroxylation is 1. The molecule has 5 heteroatoms. The molecule has 1 aromatic heterocycles. The molecule has 0 fully saturated rings. The van der Waals surface area contributed by atoms with Crippen molar-refractivity contribution in [2.45, 2.75) is 20.0 Å². The zero-order chi connectivity index (χ0) is 17.8. The van der Waals surface area contributed by atoms with Crippen LogP contribution in [0.5, 0.6) is 5.75 Å². The molecule has 0 saturated carbocycles. The Morgan fingerprint density at radius 1 is 1.20 bits per heavy atom. The molecule has 3 aromatic rings. The maximum absolute atomic E-state index is 12.5. The number of hydrogen-bond donors (Lipinski definition) is 3. The normalized spacial score (nSPS) is 10.8. The smallest absolute Gasteiger partial charge is 0.251 e. The van der Waals surface area contributed by atoms with Crippen molar-refractivity contribution in [2.24, 2.45) is 0 Å². The first kappa shape index (κ1) is 17.0. The maximum atomic E-state index is 12.5. The molecule has 0 unspecified atom stereocenters. The molecule has 130 valence electrons. The highest BCUT2D eigenvalue weighted by Crippen LogP contribution is 2.20. The summed E-state index contributed by atoms with van der Waals surface area (Å²) in [7, 11) is 1.55. The van der Waals surface area contributed by atoms with Crippen LogP contribution in [0.1, 0.15) is 27.0 Å². The lowest BCUT2D eigenvalue weighted by atomic mass is 10.1. The highest BCUT2D eigenvalue weighted by molar-refractivity contribution is 5.96. The number of benzene rings is 2. The molecule has 0 atom stereocenters. The number of aliphatic hydroxyl groups excluding tert-OH is 1. The van der Waals surface area contributed by atoms with Gasteiger partial charge in [0.15, 0.2) is 0 Å². The van der Waals surface area contributed by atoms with Crippen LogP contribution in [-0.4, -0.2) is 29.7 Å². The standard InChI is InChI=1S/C20H22N2O3/c1-13-3-6-19-17(9-13)14(11-22-19)7-8-21-20(24)18-10-16(25-2)5-4-15(18)12-23/h3-6,9-11,22-23H,7-8,12H2,1-2H3,(H,21,24). The fraction of sp³-hybridized carbons (Fsp3) is 0.250. The van der Waals surface area contributed by atoms with Gasteiger partial charge in [-0.25, -0.2) is 0 Å². The average molecular weight is 338 g/mol. The lowest BCUT2D eigenvalue weighted by Crippen LogP contribution is -2.26. The van der Waals surface area contributed by atoms with E-state index < -0.39 is 0 Å². The lowest BCUT2D eigenvalue weighted by Gasteiger charge is -2.10. The number of amides is 1. The molecule has 0 aliphatic carbocycles. The number of rotatable bonds is 6. The van der Waals surface area contributed by atoms with E-state index in [-0.39, 0.29) is 12.5 Å². The van der Waals surface area contributed by atoms with Crippen LogP contribution >= 0.6 is 0 Å². The van der Waals surface area contributed by atoms with Crippen molar-refractivity contribution in [3.63, 3.8) is 0 Å². The summed E-state index contributed by atoms with van der Waals surface area (Å²) in [5.41, 5.74) is 4.51. The number of aliphatic hydroxyl groups is 1. The van der Waals surface area contributed by atoms with Crippen LogP contribution in [0.25, 0.3) is 10.9 Å². The Morgan fingerprint density at radius 3 is 2.80 bits per heavy atom. The quantitative estimate of drug-likeness (QED) is 0.647. The van der Waals surface area contributed by atoms with Crippen molar-refractivity contribution in [3.05, 3.63) is 64.8 Å². The Hall–Kier alpha value is -2.79. The van der Waals surface area contributed by atoms with Crippen molar-refractivity contribution in [1.29, 1.82) is 0 Å². The van der Waals surface area contributed by atoms with Crippen molar-refractivity contribution in [2.75, 3.05) is 13.7 Å². The number of carbonyl (C=O) groups is 1. The zero-order valence-corrected chi connectivity index (χ0v) is 14.4. The molecule has 3 N–H and O–H groups in total. The second-order valence-corrected chi connectivity index (χ2v) is 6.05. The third-order valence-electron chi connectivity index (χ3n) is 4.33. The van der Waals surface area contributed by atoms with Crippen LogP contribution in [-0.2, 0) is 13.0 Å². The number of nitrogens with one attached hydrogen (secondary N) is 2. The third-order valence-corrected chi connectivity index (χ3v) is 4.33. The number of aromatic amines is 1. The van der Waals surface area contributed by atoms with Crippen LogP contribution in [0.2, 0.25) is 0 Å². The Balaban J connectivity index is 1.69. The predicted molar refractivity (Wildman–Crippen MR) is 98.0 cm³/mol. The number of aromatic nitrogens is 1. The molecule has 1 amide bonds. The van der Waals surface area contributed by atoms with Crippen LogP contribution in [0.3, 0.4) is 0 Å². The molecule has 0 radical (unpaired) electrons. The van der Waals surface area contributed by atoms with Gasteiger partial charge < -0.3 is 20.1 Å². The van der Waals surface area contributed by atoms with E-state index in [4.69, 9.17) is 4.74 Å². The van der Waals surface area contributed by atoms with Gasteiger partial charge in [-0.2, -0.15) is 0 Å². The lowest BCUT2D eigenvalue weighted by molar-refractivity contribution is 0.0950. The van der Waals surface area contributed by atoms with E-state index in [9.17, 15) is 9.90 Å². The topological polar surface area (TPSA) is 74.3 Å². The molecule has 0 aliphatic rings. The molecule has 5 nitrogen and oxygen atoms in total. The van der Waals surface area contributed by atoms with E-state index in [2.05, 4.69) is 35.4 Å². The number of carbonyl (C=O) groups excluding carboxylic acids is 1. The van der Waals surface area contributed by atoms with Gasteiger partial charge in [0.25, 0.3) is 5.91 Å². The van der Waals surface area contributed by atoms with E-state index in [1.807, 2.05) is 6.20 Å². The fourth-order valence-corrected chi connectivity index (χ4v) is 2.94. The summed E-state index contributed by atoms with van der Waals surface area (Å²) in [6, 6.07) is 11.4. The van der Waals surface area contributed by atoms with Gasteiger partial charge in [0.1, 0.15) is 5.75 Å². The highest BCUT2D eigenvalue weighted by Gasteiger charge is 2.12. The summed E-state index contributed by atoms with van der Waals surface area (Å²) < 4.78 is 5.16. The van der Waals surface area contributed by atoms with Crippen molar-refractivity contribution in [3.8, 4) is 5.75 Å². The summed E-state index contributed by atoms with van der Waals surface area (Å²) in [5, 5.41) is 13.5. The molecular formula is C20H22N2O3. The van der Waals surface area contributed by atoms with Crippen LogP contribution in [0, 0.1) is 6.92 Å². The second kappa shape index (κ2) is 7.40. The number of ether oxygens (including phenoxy) is 1. The zero-order valence-electron chi connectivity index (χ0n) is 14.4. The largest absolute Gasteiger partial charge is 0.497 e.